The van der Waals surface area contributed by atoms with Crippen molar-refractivity contribution in [2.75, 3.05) is 0 Å². The summed E-state index contributed by atoms with van der Waals surface area (Å²) in [6.45, 7) is 0. The smallest absolute Gasteiger partial charge is 0.0788 e. The van der Waals surface area contributed by atoms with Gasteiger partial charge >= 0.3 is 0 Å². The minimum Gasteiger partial charge on any atom is -0.307 e. The number of fused-ring (bicyclic) bond motifs is 10. The molecule has 0 aliphatic carbocycles. The van der Waals surface area contributed by atoms with E-state index in [0.717, 1.165) is 39.5 Å². The third-order valence-electron chi connectivity index (χ3n) is 11.5. The summed E-state index contributed by atoms with van der Waals surface area (Å²) >= 11 is 1.86. The van der Waals surface area contributed by atoms with Crippen molar-refractivity contribution in [3.05, 3.63) is 200 Å². The summed E-state index contributed by atoms with van der Waals surface area (Å²) in [7, 11) is 0. The number of rotatable bonds is 5. The molecular weight excluding hydrogens is 711 g/mol. The van der Waals surface area contributed by atoms with Crippen LogP contribution in [0.3, 0.4) is 0 Å². The molecule has 0 fully saturated rings. The van der Waals surface area contributed by atoms with Gasteiger partial charge in [0, 0.05) is 64.2 Å². The van der Waals surface area contributed by atoms with Gasteiger partial charge in [0.2, 0.25) is 0 Å². The van der Waals surface area contributed by atoms with Crippen molar-refractivity contribution in [1.82, 2.24) is 14.1 Å². The molecule has 4 aromatic heterocycles. The Bertz CT molecular complexity index is 3440. The van der Waals surface area contributed by atoms with E-state index in [4.69, 9.17) is 4.98 Å². The highest BCUT2D eigenvalue weighted by molar-refractivity contribution is 7.25. The molecule has 0 saturated heterocycles. The number of hydrogen-bond donors (Lipinski definition) is 0. The second-order valence-electron chi connectivity index (χ2n) is 14.7. The Kier molecular flexibility index (Phi) is 7.10. The van der Waals surface area contributed by atoms with E-state index in [0.29, 0.717) is 0 Å². The predicted molar refractivity (Wildman–Crippen MR) is 242 cm³/mol. The Morgan fingerprint density at radius 1 is 0.316 bits per heavy atom. The fourth-order valence-corrected chi connectivity index (χ4v) is 9.99. The topological polar surface area (TPSA) is 22.8 Å². The molecule has 3 nitrogen and oxygen atoms in total. The van der Waals surface area contributed by atoms with E-state index in [1.165, 1.54) is 69.3 Å². The molecule has 0 aliphatic heterocycles. The van der Waals surface area contributed by atoms with Crippen LogP contribution >= 0.6 is 11.3 Å². The molecule has 12 aromatic rings. The van der Waals surface area contributed by atoms with Crippen LogP contribution in [0.25, 0.3) is 109 Å². The molecule has 8 aromatic carbocycles. The molecule has 57 heavy (non-hydrogen) atoms. The zero-order valence-electron chi connectivity index (χ0n) is 30.8. The zero-order valence-corrected chi connectivity index (χ0v) is 31.6. The van der Waals surface area contributed by atoms with Crippen LogP contribution in [-0.4, -0.2) is 14.1 Å². The summed E-state index contributed by atoms with van der Waals surface area (Å²) in [6, 6.07) is 72.5. The number of benzene rings is 8. The van der Waals surface area contributed by atoms with E-state index in [1.807, 2.05) is 11.3 Å². The zero-order chi connectivity index (χ0) is 37.5. The van der Waals surface area contributed by atoms with Gasteiger partial charge in [-0.15, -0.1) is 11.3 Å². The van der Waals surface area contributed by atoms with Crippen molar-refractivity contribution in [1.29, 1.82) is 0 Å². The number of para-hydroxylation sites is 2. The van der Waals surface area contributed by atoms with Gasteiger partial charge in [-0.05, 0) is 71.8 Å². The monoisotopic (exact) mass is 743 g/mol. The van der Waals surface area contributed by atoms with Crippen molar-refractivity contribution in [2.24, 2.45) is 0 Å². The van der Waals surface area contributed by atoms with E-state index in [2.05, 4.69) is 209 Å². The molecule has 0 bridgehead atoms. The summed E-state index contributed by atoms with van der Waals surface area (Å²) in [6.07, 6.45) is 0. The highest BCUT2D eigenvalue weighted by Gasteiger charge is 2.22. The van der Waals surface area contributed by atoms with Gasteiger partial charge in [-0.2, -0.15) is 0 Å². The first-order chi connectivity index (χ1) is 28.3. The number of pyridine rings is 1. The van der Waals surface area contributed by atoms with E-state index >= 15 is 0 Å². The fourth-order valence-electron chi connectivity index (χ4n) is 8.90. The van der Waals surface area contributed by atoms with Crippen LogP contribution in [0.15, 0.2) is 200 Å². The third kappa shape index (κ3) is 5.01. The van der Waals surface area contributed by atoms with Crippen LogP contribution in [0.2, 0.25) is 0 Å². The molecule has 0 unspecified atom stereocenters. The summed E-state index contributed by atoms with van der Waals surface area (Å²) in [5, 5.41) is 7.55. The second kappa shape index (κ2) is 12.6. The lowest BCUT2D eigenvalue weighted by atomic mass is 10.00. The maximum absolute atomic E-state index is 5.23. The van der Waals surface area contributed by atoms with E-state index in [9.17, 15) is 0 Å². The first-order valence-electron chi connectivity index (χ1n) is 19.4. The van der Waals surface area contributed by atoms with Crippen LogP contribution in [0.4, 0.5) is 0 Å². The molecule has 0 atom stereocenters. The average Bonchev–Trinajstić information content (AvgIpc) is 3.94. The Morgan fingerprint density at radius 3 is 1.46 bits per heavy atom. The first-order valence-corrected chi connectivity index (χ1v) is 20.2. The van der Waals surface area contributed by atoms with Gasteiger partial charge in [0.05, 0.1) is 33.5 Å². The highest BCUT2D eigenvalue weighted by Crippen LogP contribution is 2.43. The lowest BCUT2D eigenvalue weighted by Gasteiger charge is -2.14. The van der Waals surface area contributed by atoms with Crippen molar-refractivity contribution in [3.63, 3.8) is 0 Å². The van der Waals surface area contributed by atoms with Crippen LogP contribution in [-0.2, 0) is 0 Å². The maximum atomic E-state index is 5.23. The van der Waals surface area contributed by atoms with E-state index in [-0.39, 0.29) is 0 Å². The van der Waals surface area contributed by atoms with Gasteiger partial charge in [-0.3, -0.25) is 0 Å². The molecule has 266 valence electrons. The normalized spacial score (nSPS) is 11.9. The number of aromatic nitrogens is 3. The summed E-state index contributed by atoms with van der Waals surface area (Å²) < 4.78 is 7.58. The summed E-state index contributed by atoms with van der Waals surface area (Å²) in [5.74, 6) is 0. The minimum absolute atomic E-state index is 0.947. The van der Waals surface area contributed by atoms with E-state index < -0.39 is 0 Å². The summed E-state index contributed by atoms with van der Waals surface area (Å²) in [4.78, 5) is 5.23. The molecule has 0 amide bonds. The second-order valence-corrected chi connectivity index (χ2v) is 15.8. The van der Waals surface area contributed by atoms with Crippen LogP contribution < -0.4 is 0 Å². The van der Waals surface area contributed by atoms with Gasteiger partial charge < -0.3 is 9.13 Å². The van der Waals surface area contributed by atoms with Gasteiger partial charge in [0.1, 0.15) is 0 Å². The van der Waals surface area contributed by atoms with Crippen LogP contribution in [0, 0.1) is 0 Å². The van der Waals surface area contributed by atoms with Gasteiger partial charge in [0.25, 0.3) is 0 Å². The number of thiophene rings is 1. The standard InChI is InChI=1S/C53H33N3S/c1-3-13-34(14-4-1)37-31-46(35-15-5-2-6-16-35)54-47(32-37)36-23-25-38(26-24-36)55-48-20-10-7-17-40(48)43-28-29-44-41-18-8-11-21-49(41)56(53(44)52(43)55)39-27-30-51-45(33-39)42-19-9-12-22-50(42)57-51/h1-33H. The fraction of sp³-hybridized carbons (Fsp3) is 0. The highest BCUT2D eigenvalue weighted by atomic mass is 32.1. The van der Waals surface area contributed by atoms with Crippen LogP contribution in [0.1, 0.15) is 0 Å². The minimum atomic E-state index is 0.947. The Morgan fingerprint density at radius 2 is 0.807 bits per heavy atom. The SMILES string of the molecule is c1ccc(-c2cc(-c3ccccc3)nc(-c3ccc(-n4c5ccccc5c5ccc6c7ccccc7n(-c7ccc8sc9ccccc9c8c7)c6c54)cc3)c2)cc1. The Balaban J connectivity index is 1.10. The molecule has 0 radical (unpaired) electrons. The molecule has 0 saturated carbocycles. The first kappa shape index (κ1) is 32.0. The van der Waals surface area contributed by atoms with Crippen LogP contribution in [0.5, 0.6) is 0 Å². The molecular formula is C53H33N3S. The maximum Gasteiger partial charge on any atom is 0.0788 e. The lowest BCUT2D eigenvalue weighted by Crippen LogP contribution is -1.99. The van der Waals surface area contributed by atoms with E-state index in [1.54, 1.807) is 0 Å². The predicted octanol–water partition coefficient (Wildman–Crippen LogP) is 14.6. The largest absolute Gasteiger partial charge is 0.307 e. The lowest BCUT2D eigenvalue weighted by molar-refractivity contribution is 1.15. The van der Waals surface area contributed by atoms with Gasteiger partial charge in [0.15, 0.2) is 0 Å². The van der Waals surface area contributed by atoms with Crippen molar-refractivity contribution in [3.8, 4) is 45.0 Å². The molecule has 0 N–H and O–H groups in total. The van der Waals surface area contributed by atoms with Gasteiger partial charge in [-0.25, -0.2) is 4.98 Å². The van der Waals surface area contributed by atoms with Crippen molar-refractivity contribution in [2.45, 2.75) is 0 Å². The summed E-state index contributed by atoms with van der Waals surface area (Å²) in [5.41, 5.74) is 13.5. The molecule has 0 aliphatic rings. The van der Waals surface area contributed by atoms with Crippen molar-refractivity contribution < 1.29 is 0 Å². The number of nitrogens with zero attached hydrogens (tertiary/aromatic N) is 3. The molecule has 12 rings (SSSR count). The Hall–Kier alpha value is -7.27. The quantitative estimate of drug-likeness (QED) is 0.172. The van der Waals surface area contributed by atoms with Crippen molar-refractivity contribution >= 4 is 75.1 Å². The average molecular weight is 744 g/mol. The number of hydrogen-bond acceptors (Lipinski definition) is 2. The molecule has 4 heteroatoms. The molecule has 4 heterocycles. The van der Waals surface area contributed by atoms with Gasteiger partial charge in [-0.1, -0.05) is 140 Å². The Labute approximate surface area is 333 Å². The molecule has 0 spiro atoms. The third-order valence-corrected chi connectivity index (χ3v) is 12.7.